The molecule has 1 saturated heterocycles. The van der Waals surface area contributed by atoms with Gasteiger partial charge in [-0.2, -0.15) is 0 Å². The van der Waals surface area contributed by atoms with E-state index in [1.165, 1.54) is 49.7 Å². The number of carbonyl (C=O) groups is 1. The van der Waals surface area contributed by atoms with Crippen LogP contribution in [0, 0.1) is 0 Å². The summed E-state index contributed by atoms with van der Waals surface area (Å²) in [4.78, 5) is 13.1. The zero-order valence-electron chi connectivity index (χ0n) is 17.3. The number of benzene rings is 1. The molecule has 2 atom stereocenters. The summed E-state index contributed by atoms with van der Waals surface area (Å²) in [5, 5.41) is 3.29. The van der Waals surface area contributed by atoms with E-state index in [1.54, 1.807) is 0 Å². The predicted octanol–water partition coefficient (Wildman–Crippen LogP) is 4.68. The van der Waals surface area contributed by atoms with Gasteiger partial charge in [-0.25, -0.2) is 0 Å². The van der Waals surface area contributed by atoms with Gasteiger partial charge in [0.1, 0.15) is 24.0 Å². The molecular weight excluding hydrogens is 348 g/mol. The van der Waals surface area contributed by atoms with Crippen molar-refractivity contribution in [3.63, 3.8) is 0 Å². The molecular formula is C24H34N2O2. The number of aryl methyl sites for hydroxylation is 3. The zero-order valence-corrected chi connectivity index (χ0v) is 17.3. The molecule has 1 aliphatic heterocycles. The first-order chi connectivity index (χ1) is 13.7. The maximum Gasteiger partial charge on any atom is 0.138 e. The van der Waals surface area contributed by atoms with E-state index in [1.807, 2.05) is 13.1 Å². The van der Waals surface area contributed by atoms with Crippen LogP contribution in [0.5, 0.6) is 0 Å². The molecule has 1 aromatic heterocycles. The first-order valence-electron chi connectivity index (χ1n) is 10.8. The lowest BCUT2D eigenvalue weighted by Gasteiger charge is -2.16. The summed E-state index contributed by atoms with van der Waals surface area (Å²) in [6, 6.07) is 13.1. The van der Waals surface area contributed by atoms with Crippen LogP contribution in [0.3, 0.4) is 0 Å². The second-order valence-electron chi connectivity index (χ2n) is 7.99. The van der Waals surface area contributed by atoms with Crippen LogP contribution in [0.1, 0.15) is 67.8 Å². The van der Waals surface area contributed by atoms with Crippen molar-refractivity contribution in [2.75, 3.05) is 13.6 Å². The van der Waals surface area contributed by atoms with Crippen LogP contribution >= 0.6 is 0 Å². The van der Waals surface area contributed by atoms with E-state index >= 15 is 0 Å². The van der Waals surface area contributed by atoms with Gasteiger partial charge in [0, 0.05) is 13.0 Å². The van der Waals surface area contributed by atoms with Crippen LogP contribution in [0.2, 0.25) is 0 Å². The minimum atomic E-state index is -0.104. The Labute approximate surface area is 169 Å². The number of hydrogen-bond donors (Lipinski definition) is 1. The maximum atomic E-state index is 11.0. The Balaban J connectivity index is 1.29. The smallest absolute Gasteiger partial charge is 0.138 e. The third kappa shape index (κ3) is 5.79. The Morgan fingerprint density at radius 1 is 1.00 bits per heavy atom. The van der Waals surface area contributed by atoms with Gasteiger partial charge in [-0.15, -0.1) is 0 Å². The molecule has 28 heavy (non-hydrogen) atoms. The summed E-state index contributed by atoms with van der Waals surface area (Å²) in [6.07, 6.45) is 10.6. The van der Waals surface area contributed by atoms with Gasteiger partial charge in [0.15, 0.2) is 0 Å². The molecule has 4 heteroatoms. The van der Waals surface area contributed by atoms with Gasteiger partial charge in [0.25, 0.3) is 0 Å². The number of unbranched alkanes of at least 4 members (excludes halogenated alkanes) is 4. The molecule has 0 aliphatic carbocycles. The van der Waals surface area contributed by atoms with Crippen molar-refractivity contribution in [2.45, 2.75) is 70.5 Å². The van der Waals surface area contributed by atoms with Gasteiger partial charge in [0.05, 0.1) is 6.04 Å². The van der Waals surface area contributed by atoms with Crippen molar-refractivity contribution < 1.29 is 9.21 Å². The van der Waals surface area contributed by atoms with Gasteiger partial charge in [-0.1, -0.05) is 50.5 Å². The highest BCUT2D eigenvalue weighted by molar-refractivity contribution is 5.58. The van der Waals surface area contributed by atoms with Gasteiger partial charge in [-0.3, -0.25) is 10.2 Å². The van der Waals surface area contributed by atoms with Crippen LogP contribution in [0.4, 0.5) is 0 Å². The molecule has 0 spiro atoms. The van der Waals surface area contributed by atoms with Crippen LogP contribution in [0.15, 0.2) is 40.8 Å². The lowest BCUT2D eigenvalue weighted by molar-refractivity contribution is -0.109. The number of nitrogens with one attached hydrogen (secondary N) is 1. The van der Waals surface area contributed by atoms with Crippen molar-refractivity contribution >= 4 is 6.29 Å². The van der Waals surface area contributed by atoms with Crippen molar-refractivity contribution in [1.29, 1.82) is 0 Å². The quantitative estimate of drug-likeness (QED) is 0.453. The summed E-state index contributed by atoms with van der Waals surface area (Å²) < 4.78 is 6.02. The summed E-state index contributed by atoms with van der Waals surface area (Å²) in [5.74, 6) is 1.96. The Kier molecular flexibility index (Phi) is 7.87. The van der Waals surface area contributed by atoms with Crippen molar-refractivity contribution in [1.82, 2.24) is 10.2 Å². The highest BCUT2D eigenvalue weighted by Crippen LogP contribution is 2.25. The lowest BCUT2D eigenvalue weighted by atomic mass is 10.0. The Morgan fingerprint density at radius 2 is 1.68 bits per heavy atom. The number of aldehydes is 1. The molecule has 152 valence electrons. The predicted molar refractivity (Wildman–Crippen MR) is 113 cm³/mol. The highest BCUT2D eigenvalue weighted by Gasteiger charge is 2.31. The first kappa shape index (κ1) is 20.8. The molecule has 1 aromatic carbocycles. The molecule has 2 heterocycles. The molecule has 1 unspecified atom stereocenters. The topological polar surface area (TPSA) is 45.5 Å². The molecule has 1 aliphatic rings. The van der Waals surface area contributed by atoms with Gasteiger partial charge in [0.2, 0.25) is 0 Å². The zero-order chi connectivity index (χ0) is 19.8. The minimum absolute atomic E-state index is 0.00958. The molecule has 0 amide bonds. The van der Waals surface area contributed by atoms with E-state index in [-0.39, 0.29) is 12.2 Å². The van der Waals surface area contributed by atoms with E-state index in [4.69, 9.17) is 4.42 Å². The average molecular weight is 383 g/mol. The molecule has 4 nitrogen and oxygen atoms in total. The number of furan rings is 1. The molecule has 1 fully saturated rings. The number of nitrogens with zero attached hydrogens (tertiary/aromatic N) is 1. The van der Waals surface area contributed by atoms with Crippen LogP contribution in [-0.2, 0) is 24.1 Å². The van der Waals surface area contributed by atoms with E-state index in [9.17, 15) is 4.79 Å². The first-order valence-corrected chi connectivity index (χ1v) is 10.8. The van der Waals surface area contributed by atoms with Crippen LogP contribution < -0.4 is 5.32 Å². The number of likely N-dealkylation sites (N-methyl/N-ethyl adjacent to an activating group) is 1. The van der Waals surface area contributed by atoms with Crippen molar-refractivity contribution in [3.8, 4) is 0 Å². The molecule has 3 rings (SSSR count). The molecule has 2 aromatic rings. The Bertz CT molecular complexity index is 722. The fourth-order valence-electron chi connectivity index (χ4n) is 3.96. The van der Waals surface area contributed by atoms with E-state index in [2.05, 4.69) is 47.5 Å². The van der Waals surface area contributed by atoms with Gasteiger partial charge < -0.3 is 9.21 Å². The third-order valence-electron chi connectivity index (χ3n) is 5.73. The second kappa shape index (κ2) is 10.6. The number of rotatable bonds is 11. The SMILES string of the molecule is CCc1ccc(CCCCCCCc2ccc([C@@H]3NC(C=O)CN3C)o2)cc1. The maximum absolute atomic E-state index is 11.0. The normalized spacial score (nSPS) is 19.9. The molecule has 0 radical (unpaired) electrons. The summed E-state index contributed by atoms with van der Waals surface area (Å²) in [5.41, 5.74) is 2.88. The fourth-order valence-corrected chi connectivity index (χ4v) is 3.96. The summed E-state index contributed by atoms with van der Waals surface area (Å²) in [7, 11) is 2.02. The standard InChI is InChI=1S/C24H34N2O2/c1-3-19-11-13-20(14-12-19)9-7-5-4-6-8-10-22-15-16-23(28-22)24-25-21(18-27)17-26(24)2/h11-16,18,21,24-25H,3-10,17H2,1-2H3/t21?,24-/m1/s1. The molecule has 0 bridgehead atoms. The Morgan fingerprint density at radius 3 is 2.36 bits per heavy atom. The van der Waals surface area contributed by atoms with Gasteiger partial charge >= 0.3 is 0 Å². The summed E-state index contributed by atoms with van der Waals surface area (Å²) >= 11 is 0. The largest absolute Gasteiger partial charge is 0.463 e. The number of carbonyl (C=O) groups excluding carboxylic acids is 1. The second-order valence-corrected chi connectivity index (χ2v) is 7.99. The van der Waals surface area contributed by atoms with Crippen LogP contribution in [-0.4, -0.2) is 30.8 Å². The van der Waals surface area contributed by atoms with Crippen molar-refractivity contribution in [3.05, 3.63) is 59.0 Å². The minimum Gasteiger partial charge on any atom is -0.463 e. The van der Waals surface area contributed by atoms with E-state index in [0.29, 0.717) is 0 Å². The molecule has 0 saturated carbocycles. The molecule has 1 N–H and O–H groups in total. The van der Waals surface area contributed by atoms with Crippen LogP contribution in [0.25, 0.3) is 0 Å². The van der Waals surface area contributed by atoms with Gasteiger partial charge in [-0.05, 0) is 56.0 Å². The Hall–Kier alpha value is -1.91. The highest BCUT2D eigenvalue weighted by atomic mass is 16.3. The average Bonchev–Trinajstić information content (AvgIpc) is 3.33. The van der Waals surface area contributed by atoms with Crippen molar-refractivity contribution in [2.24, 2.45) is 0 Å². The number of hydrogen-bond acceptors (Lipinski definition) is 4. The third-order valence-corrected chi connectivity index (χ3v) is 5.73. The van der Waals surface area contributed by atoms with E-state index in [0.717, 1.165) is 37.2 Å². The monoisotopic (exact) mass is 382 g/mol. The lowest BCUT2D eigenvalue weighted by Crippen LogP contribution is -2.27. The fraction of sp³-hybridized carbons (Fsp3) is 0.542. The van der Waals surface area contributed by atoms with E-state index < -0.39 is 0 Å². The summed E-state index contributed by atoms with van der Waals surface area (Å²) in [6.45, 7) is 2.93.